The predicted octanol–water partition coefficient (Wildman–Crippen LogP) is 1.58. The molecule has 7 heteroatoms. The van der Waals surface area contributed by atoms with Crippen LogP contribution in [0.3, 0.4) is 0 Å². The Morgan fingerprint density at radius 2 is 2.00 bits per heavy atom. The molecule has 0 spiro atoms. The van der Waals surface area contributed by atoms with Crippen LogP contribution in [0.2, 0.25) is 0 Å². The van der Waals surface area contributed by atoms with Gasteiger partial charge in [-0.1, -0.05) is 34.8 Å². The lowest BCUT2D eigenvalue weighted by molar-refractivity contribution is -0.931. The molecule has 0 saturated carbocycles. The van der Waals surface area contributed by atoms with Crippen LogP contribution in [-0.2, 0) is 0 Å². The smallest absolute Gasteiger partial charge is 0.262 e. The Bertz CT molecular complexity index is 444. The largest absolute Gasteiger partial charge is 0.312 e. The van der Waals surface area contributed by atoms with Crippen molar-refractivity contribution in [3.63, 3.8) is 0 Å². The lowest BCUT2D eigenvalue weighted by Crippen LogP contribution is -3.20. The Balaban J connectivity index is 2.10. The Morgan fingerprint density at radius 3 is 2.55 bits per heavy atom. The molecule has 0 radical (unpaired) electrons. The quantitative estimate of drug-likeness (QED) is 0.823. The van der Waals surface area contributed by atoms with Crippen molar-refractivity contribution < 1.29 is 9.69 Å². The third-order valence-corrected chi connectivity index (χ3v) is 4.09. The van der Waals surface area contributed by atoms with Gasteiger partial charge in [0.1, 0.15) is 0 Å². The molecule has 20 heavy (non-hydrogen) atoms. The topological polar surface area (TPSA) is 46.4 Å². The van der Waals surface area contributed by atoms with E-state index in [0.717, 1.165) is 30.8 Å². The molecule has 1 atom stereocenters. The first-order chi connectivity index (χ1) is 9.48. The van der Waals surface area contributed by atoms with E-state index in [1.807, 2.05) is 0 Å². The van der Waals surface area contributed by atoms with Crippen molar-refractivity contribution in [2.45, 2.75) is 29.2 Å². The highest BCUT2D eigenvalue weighted by atomic mass is 35.6. The molecular formula is C13H17Cl3N3O+. The minimum atomic E-state index is -1.54. The van der Waals surface area contributed by atoms with Crippen LogP contribution in [0.1, 0.15) is 29.6 Å². The zero-order valence-electron chi connectivity index (χ0n) is 10.9. The van der Waals surface area contributed by atoms with Crippen LogP contribution in [0, 0.1) is 0 Å². The number of pyridine rings is 1. The number of hydrogen-bond acceptors (Lipinski definition) is 2. The van der Waals surface area contributed by atoms with Crippen molar-refractivity contribution in [3.05, 3.63) is 30.1 Å². The number of alkyl halides is 3. The first kappa shape index (κ1) is 15.8. The van der Waals surface area contributed by atoms with E-state index in [9.17, 15) is 4.79 Å². The number of quaternary nitrogens is 1. The summed E-state index contributed by atoms with van der Waals surface area (Å²) in [5.41, 5.74) is 0.461. The zero-order valence-corrected chi connectivity index (χ0v) is 13.2. The summed E-state index contributed by atoms with van der Waals surface area (Å²) in [6.45, 7) is 1.79. The standard InChI is InChI=1S/C13H16Cl3N3O/c14-13(15,16)12(19-7-2-1-3-8-19)18-11(20)10-5-4-6-17-9-10/h4-6,9,12H,1-3,7-8H2,(H,18,20)/p+1/t12-/m1/s1. The number of rotatable bonds is 3. The summed E-state index contributed by atoms with van der Waals surface area (Å²) in [6.07, 6.45) is 5.90. The zero-order chi connectivity index (χ0) is 14.6. The summed E-state index contributed by atoms with van der Waals surface area (Å²) in [7, 11) is 0. The molecule has 1 fully saturated rings. The van der Waals surface area contributed by atoms with Crippen LogP contribution in [0.5, 0.6) is 0 Å². The highest BCUT2D eigenvalue weighted by Crippen LogP contribution is 2.28. The molecule has 1 aromatic heterocycles. The van der Waals surface area contributed by atoms with Crippen LogP contribution >= 0.6 is 34.8 Å². The molecule has 1 aliphatic rings. The number of piperidine rings is 1. The van der Waals surface area contributed by atoms with Crippen molar-refractivity contribution in [2.24, 2.45) is 0 Å². The molecule has 0 bridgehead atoms. The van der Waals surface area contributed by atoms with Crippen molar-refractivity contribution >= 4 is 40.7 Å². The van der Waals surface area contributed by atoms with Gasteiger partial charge in [0.05, 0.1) is 18.7 Å². The van der Waals surface area contributed by atoms with Gasteiger partial charge in [-0.3, -0.25) is 15.1 Å². The third kappa shape index (κ3) is 4.22. The van der Waals surface area contributed by atoms with Gasteiger partial charge < -0.3 is 4.90 Å². The molecular weight excluding hydrogens is 321 g/mol. The monoisotopic (exact) mass is 336 g/mol. The van der Waals surface area contributed by atoms with Gasteiger partial charge in [-0.05, 0) is 31.4 Å². The van der Waals surface area contributed by atoms with Crippen LogP contribution in [0.15, 0.2) is 24.5 Å². The van der Waals surface area contributed by atoms with E-state index in [0.29, 0.717) is 5.56 Å². The Labute approximate surface area is 133 Å². The number of hydrogen-bond donors (Lipinski definition) is 2. The van der Waals surface area contributed by atoms with Gasteiger partial charge in [-0.2, -0.15) is 0 Å². The van der Waals surface area contributed by atoms with E-state index >= 15 is 0 Å². The molecule has 0 aromatic carbocycles. The number of aromatic nitrogens is 1. The molecule has 0 aliphatic carbocycles. The average Bonchev–Trinajstić information content (AvgIpc) is 2.45. The van der Waals surface area contributed by atoms with Gasteiger partial charge in [-0.15, -0.1) is 0 Å². The molecule has 1 aliphatic heterocycles. The first-order valence-electron chi connectivity index (χ1n) is 6.60. The maximum Gasteiger partial charge on any atom is 0.262 e. The molecule has 4 nitrogen and oxygen atoms in total. The van der Waals surface area contributed by atoms with Gasteiger partial charge >= 0.3 is 0 Å². The summed E-state index contributed by atoms with van der Waals surface area (Å²) in [6, 6.07) is 3.39. The van der Waals surface area contributed by atoms with E-state index in [1.54, 1.807) is 18.3 Å². The second-order valence-corrected chi connectivity index (χ2v) is 7.28. The summed E-state index contributed by atoms with van der Waals surface area (Å²) in [5.74, 6) is -0.271. The number of carbonyl (C=O) groups is 1. The Kier molecular flexibility index (Phi) is 5.49. The summed E-state index contributed by atoms with van der Waals surface area (Å²) in [5, 5.41) is 2.83. The van der Waals surface area contributed by atoms with Gasteiger partial charge in [0, 0.05) is 12.4 Å². The SMILES string of the molecule is O=C(N[C@H]([NH+]1CCCCC1)C(Cl)(Cl)Cl)c1cccnc1. The van der Waals surface area contributed by atoms with Crippen LogP contribution < -0.4 is 10.2 Å². The maximum atomic E-state index is 12.2. The minimum absolute atomic E-state index is 0.271. The van der Waals surface area contributed by atoms with E-state index in [2.05, 4.69) is 10.3 Å². The summed E-state index contributed by atoms with van der Waals surface area (Å²) in [4.78, 5) is 17.2. The minimum Gasteiger partial charge on any atom is -0.312 e. The number of halogens is 3. The lowest BCUT2D eigenvalue weighted by atomic mass is 10.1. The van der Waals surface area contributed by atoms with Crippen molar-refractivity contribution in [1.82, 2.24) is 10.3 Å². The highest BCUT2D eigenvalue weighted by molar-refractivity contribution is 6.68. The molecule has 2 N–H and O–H groups in total. The second-order valence-electron chi connectivity index (χ2n) is 4.91. The normalized spacial score (nSPS) is 18.6. The lowest BCUT2D eigenvalue weighted by Gasteiger charge is -2.35. The molecule has 2 heterocycles. The fourth-order valence-electron chi connectivity index (χ4n) is 2.42. The van der Waals surface area contributed by atoms with Crippen molar-refractivity contribution in [2.75, 3.05) is 13.1 Å². The molecule has 110 valence electrons. The summed E-state index contributed by atoms with van der Waals surface area (Å²) >= 11 is 18.1. The number of nitrogens with zero attached hydrogens (tertiary/aromatic N) is 1. The van der Waals surface area contributed by atoms with Crippen molar-refractivity contribution in [1.29, 1.82) is 0 Å². The maximum absolute atomic E-state index is 12.2. The van der Waals surface area contributed by atoms with Crippen molar-refractivity contribution in [3.8, 4) is 0 Å². The van der Waals surface area contributed by atoms with Gasteiger partial charge in [0.2, 0.25) is 6.17 Å². The number of nitrogens with one attached hydrogen (secondary N) is 2. The Hall–Kier alpha value is -0.550. The van der Waals surface area contributed by atoms with E-state index in [1.165, 1.54) is 12.6 Å². The van der Waals surface area contributed by atoms with Crippen LogP contribution in [-0.4, -0.2) is 33.9 Å². The highest BCUT2D eigenvalue weighted by Gasteiger charge is 2.42. The number of likely N-dealkylation sites (tertiary alicyclic amines) is 1. The molecule has 1 saturated heterocycles. The van der Waals surface area contributed by atoms with Crippen LogP contribution in [0.25, 0.3) is 0 Å². The van der Waals surface area contributed by atoms with E-state index in [-0.39, 0.29) is 5.91 Å². The molecule has 2 rings (SSSR count). The van der Waals surface area contributed by atoms with Crippen LogP contribution in [0.4, 0.5) is 0 Å². The van der Waals surface area contributed by atoms with Gasteiger partial charge in [-0.25, -0.2) is 0 Å². The molecule has 0 unspecified atom stereocenters. The predicted molar refractivity (Wildman–Crippen MR) is 80.3 cm³/mol. The Morgan fingerprint density at radius 1 is 1.30 bits per heavy atom. The fraction of sp³-hybridized carbons (Fsp3) is 0.538. The molecule has 1 aromatic rings. The average molecular weight is 338 g/mol. The number of amides is 1. The number of carbonyl (C=O) groups excluding carboxylic acids is 1. The fourth-order valence-corrected chi connectivity index (χ4v) is 3.05. The molecule has 1 amide bonds. The first-order valence-corrected chi connectivity index (χ1v) is 7.74. The van der Waals surface area contributed by atoms with Gasteiger partial charge in [0.15, 0.2) is 0 Å². The third-order valence-electron chi connectivity index (χ3n) is 3.43. The van der Waals surface area contributed by atoms with E-state index in [4.69, 9.17) is 34.8 Å². The summed E-state index contributed by atoms with van der Waals surface area (Å²) < 4.78 is -1.54. The second kappa shape index (κ2) is 6.94. The van der Waals surface area contributed by atoms with Gasteiger partial charge in [0.25, 0.3) is 9.70 Å². The van der Waals surface area contributed by atoms with E-state index < -0.39 is 9.96 Å².